The van der Waals surface area contributed by atoms with E-state index in [1.807, 2.05) is 11.8 Å². The number of aryl methyl sites for hydroxylation is 1. The van der Waals surface area contributed by atoms with Crippen LogP contribution in [0.15, 0.2) is 18.2 Å². The number of aromatic nitrogens is 3. The van der Waals surface area contributed by atoms with Crippen LogP contribution in [0.2, 0.25) is 0 Å². The fraction of sp³-hybridized carbons (Fsp3) is 0.526. The van der Waals surface area contributed by atoms with Gasteiger partial charge in [-0.15, -0.1) is 0 Å². The second kappa shape index (κ2) is 6.79. The van der Waals surface area contributed by atoms with E-state index in [0.717, 1.165) is 11.4 Å². The standard InChI is InChI=1S/C19H23FN4O2/c1-11-3-6-13(20)7-14(11)19(25)24-8-15(12-4-5-12)16(9-24)18-21-17(10-26-2)22-23-18/h3,6-7,12,15-16H,4-5,8-10H2,1-2H3,(H,21,22,23)/t15-,16+/m1/s1. The van der Waals surface area contributed by atoms with Crippen molar-refractivity contribution < 1.29 is 13.9 Å². The smallest absolute Gasteiger partial charge is 0.254 e. The summed E-state index contributed by atoms with van der Waals surface area (Å²) in [6.07, 6.45) is 2.38. The van der Waals surface area contributed by atoms with Crippen molar-refractivity contribution in [3.63, 3.8) is 0 Å². The third kappa shape index (κ3) is 3.23. The van der Waals surface area contributed by atoms with Crippen molar-refractivity contribution in [1.82, 2.24) is 20.1 Å². The summed E-state index contributed by atoms with van der Waals surface area (Å²) >= 11 is 0. The lowest BCUT2D eigenvalue weighted by atomic mass is 9.91. The number of benzene rings is 1. The molecule has 7 heteroatoms. The van der Waals surface area contributed by atoms with Gasteiger partial charge in [-0.05, 0) is 49.3 Å². The van der Waals surface area contributed by atoms with Crippen LogP contribution in [0.5, 0.6) is 0 Å². The number of hydrogen-bond acceptors (Lipinski definition) is 4. The molecule has 1 aromatic carbocycles. The van der Waals surface area contributed by atoms with E-state index in [-0.39, 0.29) is 17.6 Å². The average Bonchev–Trinajstić information content (AvgIpc) is 3.20. The number of amides is 1. The van der Waals surface area contributed by atoms with Crippen molar-refractivity contribution in [3.8, 4) is 0 Å². The van der Waals surface area contributed by atoms with E-state index in [4.69, 9.17) is 4.74 Å². The highest BCUT2D eigenvalue weighted by molar-refractivity contribution is 5.95. The highest BCUT2D eigenvalue weighted by Crippen LogP contribution is 2.47. The number of carbonyl (C=O) groups is 1. The summed E-state index contributed by atoms with van der Waals surface area (Å²) in [7, 11) is 1.62. The fourth-order valence-electron chi connectivity index (χ4n) is 3.94. The van der Waals surface area contributed by atoms with Gasteiger partial charge in [0.2, 0.25) is 0 Å². The monoisotopic (exact) mass is 358 g/mol. The molecule has 0 radical (unpaired) electrons. The van der Waals surface area contributed by atoms with Crippen molar-refractivity contribution in [1.29, 1.82) is 0 Å². The first-order chi connectivity index (χ1) is 12.6. The van der Waals surface area contributed by atoms with Gasteiger partial charge in [0.25, 0.3) is 5.91 Å². The minimum atomic E-state index is -0.383. The lowest BCUT2D eigenvalue weighted by Crippen LogP contribution is -2.29. The average molecular weight is 358 g/mol. The molecular weight excluding hydrogens is 335 g/mol. The Morgan fingerprint density at radius 1 is 1.38 bits per heavy atom. The molecule has 1 N–H and O–H groups in total. The Morgan fingerprint density at radius 3 is 2.92 bits per heavy atom. The largest absolute Gasteiger partial charge is 0.377 e. The van der Waals surface area contributed by atoms with E-state index in [9.17, 15) is 9.18 Å². The molecule has 0 unspecified atom stereocenters. The van der Waals surface area contributed by atoms with Crippen LogP contribution >= 0.6 is 0 Å². The van der Waals surface area contributed by atoms with Crippen molar-refractivity contribution in [2.24, 2.45) is 11.8 Å². The number of carbonyl (C=O) groups excluding carboxylic acids is 1. The molecule has 2 aromatic rings. The van der Waals surface area contributed by atoms with E-state index >= 15 is 0 Å². The topological polar surface area (TPSA) is 71.1 Å². The van der Waals surface area contributed by atoms with E-state index in [1.54, 1.807) is 13.2 Å². The van der Waals surface area contributed by atoms with E-state index in [1.165, 1.54) is 25.0 Å². The Kier molecular flexibility index (Phi) is 4.48. The number of H-pyrrole nitrogens is 1. The van der Waals surface area contributed by atoms with Crippen molar-refractivity contribution >= 4 is 5.91 Å². The van der Waals surface area contributed by atoms with Gasteiger partial charge in [-0.2, -0.15) is 5.10 Å². The van der Waals surface area contributed by atoms with Gasteiger partial charge in [0.15, 0.2) is 11.6 Å². The third-order valence-electron chi connectivity index (χ3n) is 5.47. The molecule has 1 aliphatic carbocycles. The maximum absolute atomic E-state index is 13.6. The molecule has 2 fully saturated rings. The number of nitrogens with zero attached hydrogens (tertiary/aromatic N) is 3. The molecule has 6 nitrogen and oxygen atoms in total. The van der Waals surface area contributed by atoms with Crippen molar-refractivity contribution in [2.75, 3.05) is 20.2 Å². The van der Waals surface area contributed by atoms with Gasteiger partial charge in [0.05, 0.1) is 0 Å². The molecule has 1 aliphatic heterocycles. The van der Waals surface area contributed by atoms with Crippen molar-refractivity contribution in [3.05, 3.63) is 46.8 Å². The first-order valence-corrected chi connectivity index (χ1v) is 9.02. The number of halogens is 1. The van der Waals surface area contributed by atoms with Gasteiger partial charge in [0.1, 0.15) is 12.4 Å². The Labute approximate surface area is 151 Å². The molecule has 1 saturated heterocycles. The lowest BCUT2D eigenvalue weighted by molar-refractivity contribution is 0.0783. The van der Waals surface area contributed by atoms with Gasteiger partial charge in [-0.1, -0.05) is 6.07 Å². The van der Waals surface area contributed by atoms with E-state index < -0.39 is 0 Å². The predicted molar refractivity (Wildman–Crippen MR) is 93.1 cm³/mol. The summed E-state index contributed by atoms with van der Waals surface area (Å²) in [6, 6.07) is 4.37. The van der Waals surface area contributed by atoms with Crippen LogP contribution in [-0.4, -0.2) is 46.2 Å². The summed E-state index contributed by atoms with van der Waals surface area (Å²) in [6.45, 7) is 3.47. The van der Waals surface area contributed by atoms with Crippen LogP contribution in [0.25, 0.3) is 0 Å². The van der Waals surface area contributed by atoms with Gasteiger partial charge < -0.3 is 9.64 Å². The van der Waals surface area contributed by atoms with Gasteiger partial charge in [0, 0.05) is 31.7 Å². The van der Waals surface area contributed by atoms with E-state index in [0.29, 0.717) is 42.9 Å². The van der Waals surface area contributed by atoms with Crippen LogP contribution in [-0.2, 0) is 11.3 Å². The molecule has 2 aliphatic rings. The molecule has 4 rings (SSSR count). The van der Waals surface area contributed by atoms with Gasteiger partial charge >= 0.3 is 0 Å². The Bertz CT molecular complexity index is 818. The zero-order valence-corrected chi connectivity index (χ0v) is 15.0. The second-order valence-electron chi connectivity index (χ2n) is 7.35. The highest BCUT2D eigenvalue weighted by atomic mass is 19.1. The number of rotatable bonds is 5. The predicted octanol–water partition coefficient (Wildman–Crippen LogP) is 2.66. The minimum Gasteiger partial charge on any atom is -0.377 e. The minimum absolute atomic E-state index is 0.109. The van der Waals surface area contributed by atoms with Crippen LogP contribution < -0.4 is 0 Å². The summed E-state index contributed by atoms with van der Waals surface area (Å²) in [5.41, 5.74) is 1.23. The molecule has 26 heavy (non-hydrogen) atoms. The molecule has 0 spiro atoms. The summed E-state index contributed by atoms with van der Waals surface area (Å²) < 4.78 is 18.7. The van der Waals surface area contributed by atoms with Gasteiger partial charge in [-0.25, -0.2) is 9.37 Å². The molecule has 1 aromatic heterocycles. The molecule has 2 heterocycles. The fourth-order valence-corrected chi connectivity index (χ4v) is 3.94. The number of nitrogens with one attached hydrogen (secondary N) is 1. The van der Waals surface area contributed by atoms with Crippen LogP contribution in [0.4, 0.5) is 4.39 Å². The molecule has 0 bridgehead atoms. The van der Waals surface area contributed by atoms with Gasteiger partial charge in [-0.3, -0.25) is 9.89 Å². The van der Waals surface area contributed by atoms with Crippen LogP contribution in [0.3, 0.4) is 0 Å². The summed E-state index contributed by atoms with van der Waals surface area (Å²) in [5.74, 6) is 2.05. The Morgan fingerprint density at radius 2 is 2.19 bits per heavy atom. The summed E-state index contributed by atoms with van der Waals surface area (Å²) in [5, 5.41) is 7.28. The normalized spacial score (nSPS) is 22.8. The Hall–Kier alpha value is -2.28. The number of likely N-dealkylation sites (tertiary alicyclic amines) is 1. The summed E-state index contributed by atoms with van der Waals surface area (Å²) in [4.78, 5) is 19.4. The molecule has 138 valence electrons. The molecular formula is C19H23FN4O2. The zero-order chi connectivity index (χ0) is 18.3. The number of aromatic amines is 1. The first-order valence-electron chi connectivity index (χ1n) is 9.02. The molecule has 1 amide bonds. The SMILES string of the molecule is COCc1nc([C@H]2CN(C(=O)c3cc(F)ccc3C)C[C@@H]2C2CC2)n[nH]1. The quantitative estimate of drug-likeness (QED) is 0.892. The maximum Gasteiger partial charge on any atom is 0.254 e. The molecule has 1 saturated carbocycles. The number of ether oxygens (including phenoxy) is 1. The number of hydrogen-bond donors (Lipinski definition) is 1. The van der Waals surface area contributed by atoms with Crippen LogP contribution in [0.1, 0.15) is 46.3 Å². The number of methoxy groups -OCH3 is 1. The van der Waals surface area contributed by atoms with Crippen molar-refractivity contribution in [2.45, 2.75) is 32.3 Å². The maximum atomic E-state index is 13.6. The van der Waals surface area contributed by atoms with Crippen LogP contribution in [0, 0.1) is 24.6 Å². The molecule has 2 atom stereocenters. The zero-order valence-electron chi connectivity index (χ0n) is 15.0. The Balaban J connectivity index is 1.57. The van der Waals surface area contributed by atoms with E-state index in [2.05, 4.69) is 15.2 Å². The third-order valence-corrected chi connectivity index (χ3v) is 5.47. The first kappa shape index (κ1) is 17.1. The highest BCUT2D eigenvalue weighted by Gasteiger charge is 2.46. The second-order valence-corrected chi connectivity index (χ2v) is 7.35. The lowest BCUT2D eigenvalue weighted by Gasteiger charge is -2.17.